The molecule has 3 heterocycles. The number of benzene rings is 2. The fraction of sp³-hybridized carbons (Fsp3) is 0.111. The maximum Gasteiger partial charge on any atom is 0.252 e. The molecule has 2 aromatic carbocycles. The van der Waals surface area contributed by atoms with Gasteiger partial charge in [0, 0.05) is 5.56 Å². The Morgan fingerprint density at radius 1 is 0.914 bits per heavy atom. The first-order chi connectivity index (χ1) is 17.2. The number of carbonyl (C=O) groups is 2. The van der Waals surface area contributed by atoms with Gasteiger partial charge in [0.2, 0.25) is 5.91 Å². The van der Waals surface area contributed by atoms with Crippen LogP contribution in [0, 0.1) is 0 Å². The highest BCUT2D eigenvalue weighted by Gasteiger charge is 2.18. The summed E-state index contributed by atoms with van der Waals surface area (Å²) in [7, 11) is 0. The summed E-state index contributed by atoms with van der Waals surface area (Å²) in [4.78, 5) is 30.2. The van der Waals surface area contributed by atoms with Crippen molar-refractivity contribution in [3.8, 4) is 11.3 Å². The predicted molar refractivity (Wildman–Crippen MR) is 131 cm³/mol. The number of carbonyl (C=O) groups excluding carboxylic acids is 2. The number of nitrogens with zero attached hydrogens (tertiary/aromatic N) is 3. The first-order valence-electron chi connectivity index (χ1n) is 11.2. The lowest BCUT2D eigenvalue weighted by Gasteiger charge is -2.10. The molecule has 3 aromatic heterocycles. The number of amides is 2. The van der Waals surface area contributed by atoms with E-state index in [9.17, 15) is 9.59 Å². The predicted octanol–water partition coefficient (Wildman–Crippen LogP) is 3.79. The third-order valence-electron chi connectivity index (χ3n) is 5.55. The van der Waals surface area contributed by atoms with Crippen LogP contribution in [-0.4, -0.2) is 33.1 Å². The van der Waals surface area contributed by atoms with E-state index in [4.69, 9.17) is 9.40 Å². The number of aromatic nitrogens is 3. The second-order valence-corrected chi connectivity index (χ2v) is 7.98. The van der Waals surface area contributed by atoms with E-state index in [1.807, 2.05) is 60.7 Å². The fourth-order valence-corrected chi connectivity index (χ4v) is 3.78. The third-order valence-corrected chi connectivity index (χ3v) is 5.55. The minimum atomic E-state index is -0.373. The minimum Gasteiger partial charge on any atom is -0.467 e. The summed E-state index contributed by atoms with van der Waals surface area (Å²) in [5.41, 5.74) is 3.62. The molecule has 0 fully saturated rings. The van der Waals surface area contributed by atoms with Crippen molar-refractivity contribution >= 4 is 22.8 Å². The molecule has 8 nitrogen and oxygen atoms in total. The van der Waals surface area contributed by atoms with Crippen molar-refractivity contribution in [2.45, 2.75) is 13.1 Å². The topological polar surface area (TPSA) is 102 Å². The van der Waals surface area contributed by atoms with Crippen molar-refractivity contribution in [3.05, 3.63) is 108 Å². The molecule has 0 saturated heterocycles. The van der Waals surface area contributed by atoms with Gasteiger partial charge in [-0.05, 0) is 23.8 Å². The second-order valence-electron chi connectivity index (χ2n) is 7.98. The standard InChI is InChI=1S/C27H23N5O3/c33-25(28-15-21-12-7-13-35-21)17-29-27(34)22-14-24(20-10-5-2-6-11-20)31-26-23(22)16-30-32(26)18-19-8-3-1-4-9-19/h1-14,16H,15,17-18H2,(H,28,33)(H,29,34). The molecule has 0 unspecified atom stereocenters. The number of rotatable bonds is 8. The Labute approximate surface area is 201 Å². The third kappa shape index (κ3) is 5.11. The summed E-state index contributed by atoms with van der Waals surface area (Å²) in [6, 6.07) is 24.8. The first kappa shape index (κ1) is 22.1. The van der Waals surface area contributed by atoms with Crippen molar-refractivity contribution in [3.63, 3.8) is 0 Å². The molecule has 5 aromatic rings. The maximum absolute atomic E-state index is 13.2. The van der Waals surface area contributed by atoms with Crippen LogP contribution in [0.25, 0.3) is 22.3 Å². The average Bonchev–Trinajstić information content (AvgIpc) is 3.57. The maximum atomic E-state index is 13.2. The summed E-state index contributed by atoms with van der Waals surface area (Å²) in [5, 5.41) is 10.6. The monoisotopic (exact) mass is 465 g/mol. The summed E-state index contributed by atoms with van der Waals surface area (Å²) >= 11 is 0. The van der Waals surface area contributed by atoms with E-state index in [0.29, 0.717) is 34.6 Å². The highest BCUT2D eigenvalue weighted by Crippen LogP contribution is 2.25. The Bertz CT molecular complexity index is 1440. The Morgan fingerprint density at radius 3 is 2.43 bits per heavy atom. The van der Waals surface area contributed by atoms with Gasteiger partial charge < -0.3 is 15.1 Å². The van der Waals surface area contributed by atoms with E-state index >= 15 is 0 Å². The van der Waals surface area contributed by atoms with E-state index in [0.717, 1.165) is 11.1 Å². The van der Waals surface area contributed by atoms with Crippen LogP contribution in [0.5, 0.6) is 0 Å². The number of hydrogen-bond donors (Lipinski definition) is 2. The summed E-state index contributed by atoms with van der Waals surface area (Å²) in [5.74, 6) is -0.0519. The van der Waals surface area contributed by atoms with Gasteiger partial charge in [-0.15, -0.1) is 0 Å². The van der Waals surface area contributed by atoms with E-state index in [-0.39, 0.29) is 24.9 Å². The highest BCUT2D eigenvalue weighted by molar-refractivity contribution is 6.07. The van der Waals surface area contributed by atoms with E-state index in [1.165, 1.54) is 0 Å². The summed E-state index contributed by atoms with van der Waals surface area (Å²) in [6.45, 7) is 0.611. The SMILES string of the molecule is O=C(CNC(=O)c1cc(-c2ccccc2)nc2c1cnn2Cc1ccccc1)NCc1ccco1. The zero-order chi connectivity index (χ0) is 24.0. The molecule has 0 aliphatic rings. The normalized spacial score (nSPS) is 10.9. The first-order valence-corrected chi connectivity index (χ1v) is 11.2. The summed E-state index contributed by atoms with van der Waals surface area (Å²) in [6.07, 6.45) is 3.19. The van der Waals surface area contributed by atoms with Gasteiger partial charge in [0.15, 0.2) is 5.65 Å². The van der Waals surface area contributed by atoms with Crippen molar-refractivity contribution < 1.29 is 14.0 Å². The van der Waals surface area contributed by atoms with E-state index in [1.54, 1.807) is 35.3 Å². The second kappa shape index (κ2) is 10.0. The van der Waals surface area contributed by atoms with Gasteiger partial charge in [0.25, 0.3) is 5.91 Å². The Balaban J connectivity index is 1.41. The zero-order valence-corrected chi connectivity index (χ0v) is 18.8. The molecule has 8 heteroatoms. The van der Waals surface area contributed by atoms with E-state index in [2.05, 4.69) is 15.7 Å². The van der Waals surface area contributed by atoms with Gasteiger partial charge >= 0.3 is 0 Å². The quantitative estimate of drug-likeness (QED) is 0.363. The van der Waals surface area contributed by atoms with Crippen LogP contribution < -0.4 is 10.6 Å². The fourth-order valence-electron chi connectivity index (χ4n) is 3.78. The number of nitrogens with one attached hydrogen (secondary N) is 2. The van der Waals surface area contributed by atoms with Crippen LogP contribution in [0.2, 0.25) is 0 Å². The molecule has 35 heavy (non-hydrogen) atoms. The van der Waals surface area contributed by atoms with Crippen molar-refractivity contribution in [1.29, 1.82) is 0 Å². The van der Waals surface area contributed by atoms with E-state index < -0.39 is 0 Å². The lowest BCUT2D eigenvalue weighted by molar-refractivity contribution is -0.120. The number of pyridine rings is 1. The van der Waals surface area contributed by atoms with Gasteiger partial charge in [0.05, 0.1) is 48.7 Å². The van der Waals surface area contributed by atoms with Crippen molar-refractivity contribution in [1.82, 2.24) is 25.4 Å². The molecule has 0 bridgehead atoms. The van der Waals surface area contributed by atoms with Crippen molar-refractivity contribution in [2.24, 2.45) is 0 Å². The highest BCUT2D eigenvalue weighted by atomic mass is 16.3. The molecule has 2 amide bonds. The molecule has 5 rings (SSSR count). The Kier molecular flexibility index (Phi) is 6.34. The molecule has 0 radical (unpaired) electrons. The molecular weight excluding hydrogens is 442 g/mol. The van der Waals surface area contributed by atoms with Crippen LogP contribution in [0.4, 0.5) is 0 Å². The van der Waals surface area contributed by atoms with Crippen LogP contribution in [0.3, 0.4) is 0 Å². The smallest absolute Gasteiger partial charge is 0.252 e. The average molecular weight is 466 g/mol. The lowest BCUT2D eigenvalue weighted by atomic mass is 10.1. The van der Waals surface area contributed by atoms with Crippen LogP contribution >= 0.6 is 0 Å². The Morgan fingerprint density at radius 2 is 1.69 bits per heavy atom. The molecule has 0 aliphatic carbocycles. The van der Waals surface area contributed by atoms with Crippen LogP contribution in [0.15, 0.2) is 95.7 Å². The molecule has 2 N–H and O–H groups in total. The molecule has 0 aliphatic heterocycles. The molecule has 174 valence electrons. The summed E-state index contributed by atoms with van der Waals surface area (Å²) < 4.78 is 6.99. The van der Waals surface area contributed by atoms with Gasteiger partial charge in [-0.1, -0.05) is 60.7 Å². The minimum absolute atomic E-state index is 0.165. The van der Waals surface area contributed by atoms with Gasteiger partial charge in [-0.3, -0.25) is 9.59 Å². The number of fused-ring (bicyclic) bond motifs is 1. The van der Waals surface area contributed by atoms with Gasteiger partial charge in [0.1, 0.15) is 5.76 Å². The Hall–Kier alpha value is -4.72. The number of hydrogen-bond acceptors (Lipinski definition) is 5. The van der Waals surface area contributed by atoms with Crippen LogP contribution in [0.1, 0.15) is 21.7 Å². The molecule has 0 atom stereocenters. The number of furan rings is 1. The van der Waals surface area contributed by atoms with Gasteiger partial charge in [-0.25, -0.2) is 9.67 Å². The van der Waals surface area contributed by atoms with Crippen LogP contribution in [-0.2, 0) is 17.9 Å². The van der Waals surface area contributed by atoms with Crippen molar-refractivity contribution in [2.75, 3.05) is 6.54 Å². The van der Waals surface area contributed by atoms with Gasteiger partial charge in [-0.2, -0.15) is 5.10 Å². The largest absolute Gasteiger partial charge is 0.467 e. The molecular formula is C27H23N5O3. The molecule has 0 saturated carbocycles. The molecule has 0 spiro atoms. The zero-order valence-electron chi connectivity index (χ0n) is 18.8. The lowest BCUT2D eigenvalue weighted by Crippen LogP contribution is -2.36.